The van der Waals surface area contributed by atoms with Crippen LogP contribution in [0.5, 0.6) is 5.75 Å². The Kier molecular flexibility index (Phi) is 6.11. The molecule has 2 aliphatic rings. The lowest BCUT2D eigenvalue weighted by molar-refractivity contribution is -0.0365. The highest BCUT2D eigenvalue weighted by atomic mass is 16.5. The van der Waals surface area contributed by atoms with Crippen LogP contribution >= 0.6 is 0 Å². The van der Waals surface area contributed by atoms with Crippen molar-refractivity contribution < 1.29 is 9.47 Å². The highest BCUT2D eigenvalue weighted by Crippen LogP contribution is 2.34. The van der Waals surface area contributed by atoms with Gasteiger partial charge in [-0.3, -0.25) is 0 Å². The van der Waals surface area contributed by atoms with Gasteiger partial charge in [0.25, 0.3) is 0 Å². The number of ether oxygens (including phenoxy) is 2. The number of fused-ring (bicyclic) bond motifs is 1. The number of hydrogen-bond acceptors (Lipinski definition) is 5. The van der Waals surface area contributed by atoms with Crippen LogP contribution in [0.4, 0.5) is 0 Å². The third-order valence-electron chi connectivity index (χ3n) is 6.61. The van der Waals surface area contributed by atoms with Crippen molar-refractivity contribution in [3.63, 3.8) is 0 Å². The van der Waals surface area contributed by atoms with Gasteiger partial charge in [0.2, 0.25) is 0 Å². The van der Waals surface area contributed by atoms with Crippen molar-refractivity contribution in [2.24, 2.45) is 0 Å². The van der Waals surface area contributed by atoms with Crippen LogP contribution in [0, 0.1) is 11.3 Å². The molecular weight excluding hydrogens is 400 g/mol. The molecule has 0 bridgehead atoms. The molecule has 2 aliphatic heterocycles. The minimum Gasteiger partial charge on any atom is -0.489 e. The molecular formula is C26H30N4O2. The molecule has 2 aromatic carbocycles. The summed E-state index contributed by atoms with van der Waals surface area (Å²) >= 11 is 0. The average Bonchev–Trinajstić information content (AvgIpc) is 3.24. The van der Waals surface area contributed by atoms with E-state index >= 15 is 0 Å². The number of benzene rings is 2. The first-order chi connectivity index (χ1) is 15.7. The Morgan fingerprint density at radius 3 is 2.84 bits per heavy atom. The van der Waals surface area contributed by atoms with E-state index in [1.807, 2.05) is 35.0 Å². The maximum atomic E-state index is 9.45. The molecule has 2 fully saturated rings. The summed E-state index contributed by atoms with van der Waals surface area (Å²) in [4.78, 5) is 0. The minimum atomic E-state index is -0.0650. The Morgan fingerprint density at radius 2 is 2.06 bits per heavy atom. The summed E-state index contributed by atoms with van der Waals surface area (Å²) in [5.41, 5.74) is 3.48. The van der Waals surface area contributed by atoms with Gasteiger partial charge in [0, 0.05) is 23.6 Å². The third-order valence-corrected chi connectivity index (χ3v) is 6.61. The van der Waals surface area contributed by atoms with Crippen LogP contribution in [0.25, 0.3) is 22.2 Å². The van der Waals surface area contributed by atoms with Gasteiger partial charge in [0.15, 0.2) is 6.23 Å². The minimum absolute atomic E-state index is 0.0650. The number of aromatic nitrogens is 2. The van der Waals surface area contributed by atoms with Crippen LogP contribution in [-0.2, 0) is 4.74 Å². The SMILES string of the molecule is CC(Oc1cccc(-c2nn(C3CCCCO3)c3ccc(C#N)cc23)c1)C1CCCCN1. The van der Waals surface area contributed by atoms with Gasteiger partial charge >= 0.3 is 0 Å². The van der Waals surface area contributed by atoms with E-state index in [2.05, 4.69) is 30.4 Å². The number of nitrogens with zero attached hydrogens (tertiary/aromatic N) is 3. The van der Waals surface area contributed by atoms with Gasteiger partial charge in [-0.05, 0) is 75.9 Å². The van der Waals surface area contributed by atoms with Crippen LogP contribution in [0.1, 0.15) is 57.2 Å². The molecule has 6 nitrogen and oxygen atoms in total. The Hall–Kier alpha value is -2.88. The predicted molar refractivity (Wildman–Crippen MR) is 124 cm³/mol. The van der Waals surface area contributed by atoms with Crippen molar-refractivity contribution in [1.82, 2.24) is 15.1 Å². The summed E-state index contributed by atoms with van der Waals surface area (Å²) in [5, 5.41) is 19.0. The van der Waals surface area contributed by atoms with Gasteiger partial charge in [-0.15, -0.1) is 0 Å². The van der Waals surface area contributed by atoms with E-state index in [0.717, 1.165) is 66.7 Å². The Bertz CT molecular complexity index is 1120. The molecule has 32 heavy (non-hydrogen) atoms. The molecule has 166 valence electrons. The Balaban J connectivity index is 1.49. The number of piperidine rings is 1. The molecule has 3 heterocycles. The number of nitrogens with one attached hydrogen (secondary N) is 1. The Labute approximate surface area is 189 Å². The van der Waals surface area contributed by atoms with Gasteiger partial charge in [0.1, 0.15) is 17.5 Å². The molecule has 1 N–H and O–H groups in total. The molecule has 0 amide bonds. The molecule has 5 rings (SSSR count). The van der Waals surface area contributed by atoms with Crippen LogP contribution in [0.15, 0.2) is 42.5 Å². The van der Waals surface area contributed by atoms with E-state index < -0.39 is 0 Å². The standard InChI is InChI=1S/C26H30N4O2/c1-18(23-9-2-4-13-28-23)32-21-8-6-7-20(16-21)26-22-15-19(17-27)11-12-24(22)30(29-26)25-10-3-5-14-31-25/h6-8,11-12,15-16,18,23,25,28H,2-5,9-10,13-14H2,1H3. The van der Waals surface area contributed by atoms with E-state index in [0.29, 0.717) is 11.6 Å². The average molecular weight is 431 g/mol. The van der Waals surface area contributed by atoms with Gasteiger partial charge in [-0.1, -0.05) is 18.6 Å². The molecule has 6 heteroatoms. The third kappa shape index (κ3) is 4.23. The maximum absolute atomic E-state index is 9.45. The lowest BCUT2D eigenvalue weighted by Gasteiger charge is -2.29. The molecule has 3 aromatic rings. The zero-order valence-electron chi connectivity index (χ0n) is 18.6. The second kappa shape index (κ2) is 9.32. The number of rotatable bonds is 5. The van der Waals surface area contributed by atoms with Crippen molar-refractivity contribution in [2.75, 3.05) is 13.2 Å². The lowest BCUT2D eigenvalue weighted by Crippen LogP contribution is -2.44. The molecule has 2 saturated heterocycles. The summed E-state index contributed by atoms with van der Waals surface area (Å²) in [6.07, 6.45) is 6.84. The van der Waals surface area contributed by atoms with E-state index in [-0.39, 0.29) is 12.3 Å². The molecule has 1 aromatic heterocycles. The highest BCUT2D eigenvalue weighted by Gasteiger charge is 2.23. The van der Waals surface area contributed by atoms with Gasteiger partial charge in [-0.2, -0.15) is 10.4 Å². The maximum Gasteiger partial charge on any atom is 0.150 e. The topological polar surface area (TPSA) is 72.1 Å². The van der Waals surface area contributed by atoms with Crippen LogP contribution in [0.2, 0.25) is 0 Å². The summed E-state index contributed by atoms with van der Waals surface area (Å²) in [6.45, 7) is 3.96. The van der Waals surface area contributed by atoms with Crippen molar-refractivity contribution >= 4 is 10.9 Å². The van der Waals surface area contributed by atoms with Gasteiger partial charge in [-0.25, -0.2) is 4.68 Å². The van der Waals surface area contributed by atoms with Crippen LogP contribution in [0.3, 0.4) is 0 Å². The predicted octanol–water partition coefficient (Wildman–Crippen LogP) is 5.18. The van der Waals surface area contributed by atoms with Gasteiger partial charge in [0.05, 0.1) is 17.1 Å². The fourth-order valence-electron chi connectivity index (χ4n) is 4.85. The normalized spacial score (nSPS) is 22.4. The fraction of sp³-hybridized carbons (Fsp3) is 0.462. The lowest BCUT2D eigenvalue weighted by atomic mass is 10.0. The van der Waals surface area contributed by atoms with Crippen molar-refractivity contribution in [3.8, 4) is 23.1 Å². The molecule has 3 unspecified atom stereocenters. The zero-order chi connectivity index (χ0) is 21.9. The quantitative estimate of drug-likeness (QED) is 0.604. The smallest absolute Gasteiger partial charge is 0.150 e. The second-order valence-corrected chi connectivity index (χ2v) is 8.87. The van der Waals surface area contributed by atoms with Crippen molar-refractivity contribution in [2.45, 2.75) is 63.8 Å². The van der Waals surface area contributed by atoms with Crippen LogP contribution in [-0.4, -0.2) is 35.1 Å². The molecule has 0 radical (unpaired) electrons. The number of nitriles is 1. The first-order valence-electron chi connectivity index (χ1n) is 11.8. The molecule has 0 spiro atoms. The van der Waals surface area contributed by atoms with E-state index in [1.165, 1.54) is 12.8 Å². The summed E-state index contributed by atoms with van der Waals surface area (Å²) in [5.74, 6) is 0.843. The summed E-state index contributed by atoms with van der Waals surface area (Å²) < 4.78 is 14.3. The first-order valence-corrected chi connectivity index (χ1v) is 11.8. The number of hydrogen-bond donors (Lipinski definition) is 1. The molecule has 0 aliphatic carbocycles. The first kappa shape index (κ1) is 21.0. The van der Waals surface area contributed by atoms with Gasteiger partial charge < -0.3 is 14.8 Å². The monoisotopic (exact) mass is 430 g/mol. The zero-order valence-corrected chi connectivity index (χ0v) is 18.6. The molecule has 3 atom stereocenters. The highest BCUT2D eigenvalue weighted by molar-refractivity contribution is 5.94. The largest absolute Gasteiger partial charge is 0.489 e. The van der Waals surface area contributed by atoms with E-state index in [9.17, 15) is 5.26 Å². The van der Waals surface area contributed by atoms with E-state index in [1.54, 1.807) is 0 Å². The van der Waals surface area contributed by atoms with Crippen LogP contribution < -0.4 is 10.1 Å². The van der Waals surface area contributed by atoms with Crippen molar-refractivity contribution in [3.05, 3.63) is 48.0 Å². The van der Waals surface area contributed by atoms with E-state index in [4.69, 9.17) is 14.6 Å². The van der Waals surface area contributed by atoms with Crippen molar-refractivity contribution in [1.29, 1.82) is 5.26 Å². The fourth-order valence-corrected chi connectivity index (χ4v) is 4.85. The second-order valence-electron chi connectivity index (χ2n) is 8.87. The molecule has 0 saturated carbocycles. The Morgan fingerprint density at radius 1 is 1.16 bits per heavy atom. The summed E-state index contributed by atoms with van der Waals surface area (Å²) in [7, 11) is 0. The summed E-state index contributed by atoms with van der Waals surface area (Å²) in [6, 6.07) is 16.6.